The second kappa shape index (κ2) is 8.75. The molecule has 0 heterocycles. The molecule has 0 unspecified atom stereocenters. The Kier molecular flexibility index (Phi) is 6.08. The van der Waals surface area contributed by atoms with Gasteiger partial charge in [0.2, 0.25) is 0 Å². The van der Waals surface area contributed by atoms with E-state index in [-0.39, 0.29) is 30.3 Å². The Morgan fingerprint density at radius 1 is 1.10 bits per heavy atom. The highest BCUT2D eigenvalue weighted by molar-refractivity contribution is 5.81. The number of hydrogen-bond acceptors (Lipinski definition) is 4. The van der Waals surface area contributed by atoms with E-state index in [9.17, 15) is 14.0 Å². The van der Waals surface area contributed by atoms with E-state index >= 15 is 0 Å². The number of rotatable bonds is 8. The van der Waals surface area contributed by atoms with Gasteiger partial charge in [-0.3, -0.25) is 9.59 Å². The molecule has 4 saturated carbocycles. The fraction of sp³-hybridized carbons (Fsp3) is 0.625. The molecule has 4 aliphatic rings. The minimum Gasteiger partial charge on any atom is -0.456 e. The van der Waals surface area contributed by atoms with Gasteiger partial charge in [0.1, 0.15) is 5.82 Å². The van der Waals surface area contributed by atoms with Gasteiger partial charge in [-0.15, -0.1) is 0 Å². The van der Waals surface area contributed by atoms with E-state index in [1.165, 1.54) is 31.4 Å². The van der Waals surface area contributed by atoms with E-state index in [2.05, 4.69) is 6.07 Å². The minimum atomic E-state index is -0.432. The van der Waals surface area contributed by atoms with E-state index in [1.807, 2.05) is 4.90 Å². The van der Waals surface area contributed by atoms with E-state index in [4.69, 9.17) is 10.00 Å². The molecule has 6 heteroatoms. The van der Waals surface area contributed by atoms with Crippen molar-refractivity contribution in [3.63, 3.8) is 0 Å². The highest BCUT2D eigenvalue weighted by Crippen LogP contribution is 2.57. The van der Waals surface area contributed by atoms with Crippen LogP contribution < -0.4 is 0 Å². The van der Waals surface area contributed by atoms with Crippen LogP contribution in [0.15, 0.2) is 24.3 Å². The number of carbonyl (C=O) groups is 2. The Balaban J connectivity index is 1.34. The second-order valence-electron chi connectivity index (χ2n) is 9.38. The molecule has 5 rings (SSSR count). The summed E-state index contributed by atoms with van der Waals surface area (Å²) in [5.74, 6) is 1.14. The highest BCUT2D eigenvalue weighted by Gasteiger charge is 2.54. The first-order chi connectivity index (χ1) is 14.5. The largest absolute Gasteiger partial charge is 0.456 e. The summed E-state index contributed by atoms with van der Waals surface area (Å²) in [5.41, 5.74) is 0.701. The van der Waals surface area contributed by atoms with Crippen LogP contribution in [0.3, 0.4) is 0 Å². The highest BCUT2D eigenvalue weighted by atomic mass is 19.1. The molecule has 5 nitrogen and oxygen atoms in total. The zero-order chi connectivity index (χ0) is 21.1. The third kappa shape index (κ3) is 4.50. The zero-order valence-electron chi connectivity index (χ0n) is 17.3. The Bertz CT molecular complexity index is 795. The van der Waals surface area contributed by atoms with Crippen molar-refractivity contribution in [2.45, 2.75) is 63.3 Å². The molecule has 30 heavy (non-hydrogen) atoms. The van der Waals surface area contributed by atoms with Crippen molar-refractivity contribution < 1.29 is 18.7 Å². The van der Waals surface area contributed by atoms with Gasteiger partial charge in [0, 0.05) is 18.5 Å². The van der Waals surface area contributed by atoms with E-state index in [0.29, 0.717) is 37.1 Å². The maximum Gasteiger partial charge on any atom is 0.306 e. The number of nitrogens with zero attached hydrogens (tertiary/aromatic N) is 2. The van der Waals surface area contributed by atoms with Crippen molar-refractivity contribution in [2.75, 3.05) is 13.2 Å². The van der Waals surface area contributed by atoms with Gasteiger partial charge >= 0.3 is 5.97 Å². The molecule has 4 aliphatic carbocycles. The normalized spacial score (nSPS) is 28.7. The maximum absolute atomic E-state index is 13.1. The van der Waals surface area contributed by atoms with Gasteiger partial charge in [0.15, 0.2) is 6.61 Å². The monoisotopic (exact) mass is 412 g/mol. The molecule has 4 fully saturated rings. The summed E-state index contributed by atoms with van der Waals surface area (Å²) in [6.07, 6.45) is 7.78. The molecule has 0 N–H and O–H groups in total. The molecule has 4 bridgehead atoms. The topological polar surface area (TPSA) is 70.4 Å². The Labute approximate surface area is 177 Å². The van der Waals surface area contributed by atoms with Crippen LogP contribution in [0.2, 0.25) is 0 Å². The predicted molar refractivity (Wildman–Crippen MR) is 109 cm³/mol. The van der Waals surface area contributed by atoms with Gasteiger partial charge in [0.05, 0.1) is 12.5 Å². The first-order valence-corrected chi connectivity index (χ1v) is 11.0. The van der Waals surface area contributed by atoms with Crippen LogP contribution >= 0.6 is 0 Å². The summed E-state index contributed by atoms with van der Waals surface area (Å²) >= 11 is 0. The lowest BCUT2D eigenvalue weighted by atomic mass is 9.52. The van der Waals surface area contributed by atoms with Gasteiger partial charge in [-0.25, -0.2) is 4.39 Å². The van der Waals surface area contributed by atoms with E-state index in [1.54, 1.807) is 12.1 Å². The van der Waals surface area contributed by atoms with E-state index in [0.717, 1.165) is 24.8 Å². The molecule has 0 aliphatic heterocycles. The number of ether oxygens (including phenoxy) is 1. The predicted octanol–water partition coefficient (Wildman–Crippen LogP) is 4.01. The van der Waals surface area contributed by atoms with Gasteiger partial charge < -0.3 is 9.64 Å². The third-order valence-corrected chi connectivity index (χ3v) is 7.21. The SMILES string of the molecule is N#CCCN(C(=O)COC(=O)CCc1ccc(F)cc1)C12CC3CC(CC(C3)C1)C2. The number of halogens is 1. The molecule has 1 amide bonds. The van der Waals surface area contributed by atoms with Crippen LogP contribution in [0, 0.1) is 34.9 Å². The van der Waals surface area contributed by atoms with Crippen molar-refractivity contribution >= 4 is 11.9 Å². The van der Waals surface area contributed by atoms with Crippen LogP contribution in [0.5, 0.6) is 0 Å². The molecule has 1 aromatic carbocycles. The van der Waals surface area contributed by atoms with Crippen molar-refractivity contribution in [2.24, 2.45) is 17.8 Å². The summed E-state index contributed by atoms with van der Waals surface area (Å²) in [7, 11) is 0. The Hall–Kier alpha value is -2.42. The van der Waals surface area contributed by atoms with E-state index < -0.39 is 5.97 Å². The van der Waals surface area contributed by atoms with Crippen LogP contribution in [0.4, 0.5) is 4.39 Å². The first-order valence-electron chi connectivity index (χ1n) is 11.0. The van der Waals surface area contributed by atoms with Gasteiger partial charge in [0.25, 0.3) is 5.91 Å². The van der Waals surface area contributed by atoms with Crippen molar-refractivity contribution in [1.29, 1.82) is 5.26 Å². The number of aryl methyl sites for hydroxylation is 1. The van der Waals surface area contributed by atoms with Crippen LogP contribution in [-0.2, 0) is 20.7 Å². The van der Waals surface area contributed by atoms with Crippen LogP contribution in [0.1, 0.15) is 56.9 Å². The lowest BCUT2D eigenvalue weighted by Crippen LogP contribution is -2.62. The molecule has 0 atom stereocenters. The smallest absolute Gasteiger partial charge is 0.306 e. The number of carbonyl (C=O) groups excluding carboxylic acids is 2. The molecular formula is C24H29FN2O3. The lowest BCUT2D eigenvalue weighted by Gasteiger charge is -2.60. The van der Waals surface area contributed by atoms with Gasteiger partial charge in [-0.2, -0.15) is 5.26 Å². The fourth-order valence-electron chi connectivity index (χ4n) is 6.37. The molecule has 160 valence electrons. The van der Waals surface area contributed by atoms with Crippen molar-refractivity contribution in [3.8, 4) is 6.07 Å². The van der Waals surface area contributed by atoms with Gasteiger partial charge in [-0.1, -0.05) is 12.1 Å². The Morgan fingerprint density at radius 3 is 2.27 bits per heavy atom. The zero-order valence-corrected chi connectivity index (χ0v) is 17.3. The standard InChI is InChI=1S/C24H29FN2O3/c25-21-5-2-17(3-6-21)4-7-23(29)30-16-22(28)27(9-1-8-26)24-13-18-10-19(14-24)12-20(11-18)15-24/h2-3,5-6,18-20H,1,4,7,9-16H2. The summed E-state index contributed by atoms with van der Waals surface area (Å²) in [6.45, 7) is 0.143. The van der Waals surface area contributed by atoms with Crippen LogP contribution in [-0.4, -0.2) is 35.5 Å². The molecular weight excluding hydrogens is 383 g/mol. The molecule has 0 saturated heterocycles. The summed E-state index contributed by atoms with van der Waals surface area (Å²) in [4.78, 5) is 27.1. The van der Waals surface area contributed by atoms with Crippen molar-refractivity contribution in [1.82, 2.24) is 4.90 Å². The first kappa shape index (κ1) is 20.8. The quantitative estimate of drug-likeness (QED) is 0.605. The number of nitriles is 1. The number of esters is 1. The second-order valence-corrected chi connectivity index (χ2v) is 9.38. The number of benzene rings is 1. The fourth-order valence-corrected chi connectivity index (χ4v) is 6.37. The van der Waals surface area contributed by atoms with Crippen LogP contribution in [0.25, 0.3) is 0 Å². The van der Waals surface area contributed by atoms with Crippen molar-refractivity contribution in [3.05, 3.63) is 35.6 Å². The minimum absolute atomic E-state index is 0.147. The summed E-state index contributed by atoms with van der Waals surface area (Å²) < 4.78 is 18.3. The molecule has 0 spiro atoms. The average molecular weight is 413 g/mol. The molecule has 0 radical (unpaired) electrons. The summed E-state index contributed by atoms with van der Waals surface area (Å²) in [6, 6.07) is 8.18. The number of hydrogen-bond donors (Lipinski definition) is 0. The Morgan fingerprint density at radius 2 is 1.70 bits per heavy atom. The molecule has 1 aromatic rings. The summed E-state index contributed by atoms with van der Waals surface area (Å²) in [5, 5.41) is 9.10. The average Bonchev–Trinajstić information content (AvgIpc) is 2.71. The maximum atomic E-state index is 13.1. The third-order valence-electron chi connectivity index (χ3n) is 7.21. The van der Waals surface area contributed by atoms with Gasteiger partial charge in [-0.05, 0) is 80.4 Å². The number of amides is 1. The molecule has 0 aromatic heterocycles. The lowest BCUT2D eigenvalue weighted by molar-refractivity contribution is -0.162.